The summed E-state index contributed by atoms with van der Waals surface area (Å²) in [6.45, 7) is 1.80. The fraction of sp³-hybridized carbons (Fsp3) is 0.267. The van der Waals surface area contributed by atoms with Crippen LogP contribution in [-0.4, -0.2) is 34.7 Å². The number of aromatic nitrogens is 2. The number of hydrogen-bond acceptors (Lipinski definition) is 4. The first kappa shape index (κ1) is 15.6. The molecule has 1 heterocycles. The quantitative estimate of drug-likeness (QED) is 0.824. The van der Waals surface area contributed by atoms with Crippen LogP contribution in [0.1, 0.15) is 6.92 Å². The molecule has 0 aliphatic carbocycles. The highest BCUT2D eigenvalue weighted by atomic mass is 16.5. The van der Waals surface area contributed by atoms with Gasteiger partial charge in [0.05, 0.1) is 18.5 Å². The number of amides is 2. The van der Waals surface area contributed by atoms with E-state index in [0.29, 0.717) is 5.95 Å². The van der Waals surface area contributed by atoms with Crippen LogP contribution in [0.25, 0.3) is 11.3 Å². The summed E-state index contributed by atoms with van der Waals surface area (Å²) in [5, 5.41) is 5.01. The number of imidazole rings is 1. The molecule has 0 saturated carbocycles. The highest BCUT2D eigenvalue weighted by molar-refractivity contribution is 5.90. The van der Waals surface area contributed by atoms with Gasteiger partial charge >= 0.3 is 12.0 Å². The Morgan fingerprint density at radius 2 is 2.00 bits per heavy atom. The van der Waals surface area contributed by atoms with E-state index >= 15 is 0 Å². The van der Waals surface area contributed by atoms with E-state index in [2.05, 4.69) is 15.6 Å². The van der Waals surface area contributed by atoms with Crippen LogP contribution in [0.5, 0.6) is 0 Å². The van der Waals surface area contributed by atoms with Crippen molar-refractivity contribution in [1.82, 2.24) is 14.9 Å². The number of benzene rings is 1. The van der Waals surface area contributed by atoms with E-state index in [1.54, 1.807) is 24.7 Å². The lowest BCUT2D eigenvalue weighted by atomic mass is 10.2. The van der Waals surface area contributed by atoms with Crippen LogP contribution in [-0.2, 0) is 16.6 Å². The summed E-state index contributed by atoms with van der Waals surface area (Å²) >= 11 is 0. The lowest BCUT2D eigenvalue weighted by Gasteiger charge is -2.08. The maximum Gasteiger partial charge on any atom is 0.325 e. The predicted molar refractivity (Wildman–Crippen MR) is 82.3 cm³/mol. The Labute approximate surface area is 128 Å². The van der Waals surface area contributed by atoms with Crippen LogP contribution in [0.15, 0.2) is 36.5 Å². The highest BCUT2D eigenvalue weighted by Crippen LogP contribution is 2.21. The number of carbonyl (C=O) groups is 2. The second-order valence-corrected chi connectivity index (χ2v) is 4.50. The zero-order valence-electron chi connectivity index (χ0n) is 12.5. The van der Waals surface area contributed by atoms with Crippen LogP contribution in [0.3, 0.4) is 0 Å². The van der Waals surface area contributed by atoms with Crippen molar-refractivity contribution in [3.63, 3.8) is 0 Å². The van der Waals surface area contributed by atoms with E-state index in [1.807, 2.05) is 30.3 Å². The third-order valence-corrected chi connectivity index (χ3v) is 2.98. The van der Waals surface area contributed by atoms with Crippen molar-refractivity contribution in [2.45, 2.75) is 6.92 Å². The highest BCUT2D eigenvalue weighted by Gasteiger charge is 2.12. The minimum atomic E-state index is -0.513. The number of carbonyl (C=O) groups excluding carboxylic acids is 2. The van der Waals surface area contributed by atoms with Gasteiger partial charge in [-0.2, -0.15) is 0 Å². The first-order valence-electron chi connectivity index (χ1n) is 6.89. The summed E-state index contributed by atoms with van der Waals surface area (Å²) in [5.41, 5.74) is 1.87. The number of rotatable bonds is 5. The number of anilines is 1. The van der Waals surface area contributed by atoms with Crippen LogP contribution in [0, 0.1) is 0 Å². The lowest BCUT2D eigenvalue weighted by molar-refractivity contribution is -0.141. The smallest absolute Gasteiger partial charge is 0.325 e. The van der Waals surface area contributed by atoms with E-state index in [4.69, 9.17) is 4.74 Å². The summed E-state index contributed by atoms with van der Waals surface area (Å²) in [7, 11) is 1.80. The van der Waals surface area contributed by atoms with Crippen molar-refractivity contribution in [3.05, 3.63) is 36.5 Å². The Balaban J connectivity index is 1.98. The zero-order valence-corrected chi connectivity index (χ0v) is 12.5. The normalized spacial score (nSPS) is 10.1. The van der Waals surface area contributed by atoms with E-state index in [1.165, 1.54) is 0 Å². The van der Waals surface area contributed by atoms with E-state index in [9.17, 15) is 9.59 Å². The van der Waals surface area contributed by atoms with E-state index in [-0.39, 0.29) is 13.2 Å². The maximum atomic E-state index is 11.7. The molecule has 2 aromatic rings. The van der Waals surface area contributed by atoms with Gasteiger partial charge in [0.2, 0.25) is 5.95 Å². The van der Waals surface area contributed by atoms with Gasteiger partial charge in [-0.1, -0.05) is 30.3 Å². The Bertz CT molecular complexity index is 652. The van der Waals surface area contributed by atoms with Crippen molar-refractivity contribution in [3.8, 4) is 11.3 Å². The molecule has 0 atom stereocenters. The molecular formula is C15H18N4O3. The van der Waals surface area contributed by atoms with Gasteiger partial charge < -0.3 is 14.6 Å². The Hall–Kier alpha value is -2.83. The predicted octanol–water partition coefficient (Wildman–Crippen LogP) is 1.77. The summed E-state index contributed by atoms with van der Waals surface area (Å²) in [5.74, 6) is -0.0947. The van der Waals surface area contributed by atoms with Crippen LogP contribution < -0.4 is 10.6 Å². The fourth-order valence-corrected chi connectivity index (χ4v) is 1.91. The molecule has 2 N–H and O–H groups in total. The second-order valence-electron chi connectivity index (χ2n) is 4.50. The number of esters is 1. The summed E-state index contributed by atoms with van der Waals surface area (Å²) in [6.07, 6.45) is 1.68. The van der Waals surface area contributed by atoms with Gasteiger partial charge in [-0.15, -0.1) is 0 Å². The molecular weight excluding hydrogens is 284 g/mol. The largest absolute Gasteiger partial charge is 0.465 e. The van der Waals surface area contributed by atoms with Crippen molar-refractivity contribution < 1.29 is 14.3 Å². The fourth-order valence-electron chi connectivity index (χ4n) is 1.91. The van der Waals surface area contributed by atoms with Gasteiger partial charge in [-0.3, -0.25) is 10.1 Å². The topological polar surface area (TPSA) is 85.2 Å². The molecule has 7 nitrogen and oxygen atoms in total. The lowest BCUT2D eigenvalue weighted by Crippen LogP contribution is -2.34. The zero-order chi connectivity index (χ0) is 15.9. The average molecular weight is 302 g/mol. The standard InChI is InChI=1S/C15H18N4O3/c1-3-22-13(20)10-17-15(21)18-14-16-9-12(19(14)2)11-7-5-4-6-8-11/h4-9H,3,10H2,1-2H3,(H2,16,17,18,21). The van der Waals surface area contributed by atoms with Gasteiger partial charge in [0.15, 0.2) is 0 Å². The first-order valence-corrected chi connectivity index (χ1v) is 6.89. The van der Waals surface area contributed by atoms with Gasteiger partial charge in [-0.25, -0.2) is 9.78 Å². The number of nitrogens with zero attached hydrogens (tertiary/aromatic N) is 2. The molecule has 22 heavy (non-hydrogen) atoms. The third-order valence-electron chi connectivity index (χ3n) is 2.98. The Kier molecular flexibility index (Phi) is 5.13. The Morgan fingerprint density at radius 3 is 2.68 bits per heavy atom. The van der Waals surface area contributed by atoms with Crippen molar-refractivity contribution in [2.75, 3.05) is 18.5 Å². The van der Waals surface area contributed by atoms with Gasteiger partial charge in [0.1, 0.15) is 6.54 Å². The molecule has 0 spiro atoms. The summed E-state index contributed by atoms with van der Waals surface area (Å²) < 4.78 is 6.49. The van der Waals surface area contributed by atoms with Gasteiger partial charge in [-0.05, 0) is 12.5 Å². The average Bonchev–Trinajstić information content (AvgIpc) is 2.87. The SMILES string of the molecule is CCOC(=O)CNC(=O)Nc1ncc(-c2ccccc2)n1C. The van der Waals surface area contributed by atoms with Crippen molar-refractivity contribution in [2.24, 2.45) is 7.05 Å². The minimum Gasteiger partial charge on any atom is -0.465 e. The molecule has 0 bridgehead atoms. The number of urea groups is 1. The first-order chi connectivity index (χ1) is 10.6. The second kappa shape index (κ2) is 7.26. The number of hydrogen-bond donors (Lipinski definition) is 2. The van der Waals surface area contributed by atoms with Crippen molar-refractivity contribution >= 4 is 17.9 Å². The maximum absolute atomic E-state index is 11.7. The molecule has 116 valence electrons. The molecule has 0 aliphatic heterocycles. The van der Waals surface area contributed by atoms with E-state index in [0.717, 1.165) is 11.3 Å². The number of nitrogens with one attached hydrogen (secondary N) is 2. The van der Waals surface area contributed by atoms with Gasteiger partial charge in [0.25, 0.3) is 0 Å². The molecule has 7 heteroatoms. The molecule has 1 aromatic heterocycles. The Morgan fingerprint density at radius 1 is 1.27 bits per heavy atom. The molecule has 2 rings (SSSR count). The van der Waals surface area contributed by atoms with Crippen LogP contribution >= 0.6 is 0 Å². The van der Waals surface area contributed by atoms with Crippen LogP contribution in [0.2, 0.25) is 0 Å². The molecule has 0 aliphatic rings. The number of ether oxygens (including phenoxy) is 1. The molecule has 1 aromatic carbocycles. The van der Waals surface area contributed by atoms with Crippen molar-refractivity contribution in [1.29, 1.82) is 0 Å². The van der Waals surface area contributed by atoms with E-state index < -0.39 is 12.0 Å². The summed E-state index contributed by atoms with van der Waals surface area (Å²) in [6, 6.07) is 9.20. The molecule has 0 radical (unpaired) electrons. The van der Waals surface area contributed by atoms with Crippen LogP contribution in [0.4, 0.5) is 10.7 Å². The third kappa shape index (κ3) is 3.85. The molecule has 0 saturated heterocycles. The molecule has 0 unspecified atom stereocenters. The van der Waals surface area contributed by atoms with Gasteiger partial charge in [0, 0.05) is 7.05 Å². The molecule has 2 amide bonds. The summed E-state index contributed by atoms with van der Waals surface area (Å²) in [4.78, 5) is 27.1. The molecule has 0 fully saturated rings. The minimum absolute atomic E-state index is 0.185. The monoisotopic (exact) mass is 302 g/mol.